The highest BCUT2D eigenvalue weighted by molar-refractivity contribution is 6.14. The summed E-state index contributed by atoms with van der Waals surface area (Å²) in [5.74, 6) is 0.507. The zero-order valence-electron chi connectivity index (χ0n) is 40.6. The Balaban J connectivity index is 0.00000249. The van der Waals surface area contributed by atoms with Crippen molar-refractivity contribution in [1.82, 2.24) is 9.13 Å². The minimum atomic E-state index is -0.320. The third-order valence-electron chi connectivity index (χ3n) is 15.3. The summed E-state index contributed by atoms with van der Waals surface area (Å²) in [4.78, 5) is 5.25. The largest absolute Gasteiger partial charge is 0.456 e. The van der Waals surface area contributed by atoms with Crippen molar-refractivity contribution in [3.8, 4) is 33.6 Å². The Morgan fingerprint density at radius 2 is 1.19 bits per heavy atom. The third-order valence-corrected chi connectivity index (χ3v) is 15.3. The summed E-state index contributed by atoms with van der Waals surface area (Å²) >= 11 is 0. The number of benzene rings is 9. The molecule has 0 spiro atoms. The molecule has 2 aliphatic rings. The first-order chi connectivity index (χ1) is 35.4. The summed E-state index contributed by atoms with van der Waals surface area (Å²) in [6.07, 6.45) is 6.64. The first-order valence-corrected chi connectivity index (χ1v) is 25.0. The van der Waals surface area contributed by atoms with Gasteiger partial charge in [-0.15, -0.1) is 0 Å². The molecule has 6 nitrogen and oxygen atoms in total. The molecule has 0 saturated carbocycles. The number of hydrogen-bond donors (Lipinski definition) is 2. The average Bonchev–Trinajstić information content (AvgIpc) is 4.13. The fourth-order valence-electron chi connectivity index (χ4n) is 11.8. The summed E-state index contributed by atoms with van der Waals surface area (Å²) in [5.41, 5.74) is 32.0. The Morgan fingerprint density at radius 3 is 2.01 bits per heavy atom. The molecule has 3 heterocycles. The molecular formula is C66H53N5O. The number of aromatic nitrogens is 2. The summed E-state index contributed by atoms with van der Waals surface area (Å²) in [7, 11) is 1.50. The highest BCUT2D eigenvalue weighted by Crippen LogP contribution is 2.51. The van der Waals surface area contributed by atoms with E-state index in [1.165, 1.54) is 67.8 Å². The van der Waals surface area contributed by atoms with Crippen molar-refractivity contribution in [2.45, 2.75) is 38.1 Å². The van der Waals surface area contributed by atoms with E-state index in [4.69, 9.17) is 15.1 Å². The minimum absolute atomic E-state index is 0.162. The van der Waals surface area contributed by atoms with Gasteiger partial charge in [-0.2, -0.15) is 0 Å². The number of furan rings is 1. The van der Waals surface area contributed by atoms with Crippen LogP contribution >= 0.6 is 0 Å². The molecule has 9 aromatic carbocycles. The fourth-order valence-corrected chi connectivity index (χ4v) is 11.8. The number of aryl methyl sites for hydroxylation is 1. The highest BCUT2D eigenvalue weighted by Gasteiger charge is 2.36. The maximum Gasteiger partial charge on any atom is 0.137 e. The Morgan fingerprint density at radius 1 is 0.528 bits per heavy atom. The van der Waals surface area contributed by atoms with E-state index in [0.29, 0.717) is 5.84 Å². The van der Waals surface area contributed by atoms with Crippen LogP contribution in [0.4, 0.5) is 0 Å². The van der Waals surface area contributed by atoms with Gasteiger partial charge in [-0.1, -0.05) is 153 Å². The smallest absolute Gasteiger partial charge is 0.137 e. The molecule has 348 valence electrons. The molecule has 4 N–H and O–H groups in total. The third kappa shape index (κ3) is 6.78. The lowest BCUT2D eigenvalue weighted by molar-refractivity contribution is 0.661. The van der Waals surface area contributed by atoms with Crippen LogP contribution in [0.1, 0.15) is 65.4 Å². The number of hydrogen-bond acceptors (Lipinski definition) is 3. The van der Waals surface area contributed by atoms with Gasteiger partial charge in [0.1, 0.15) is 23.0 Å². The van der Waals surface area contributed by atoms with E-state index in [0.717, 1.165) is 79.5 Å². The van der Waals surface area contributed by atoms with Crippen LogP contribution < -0.4 is 11.5 Å². The van der Waals surface area contributed by atoms with E-state index in [-0.39, 0.29) is 11.5 Å². The Bertz CT molecular complexity index is 4150. The van der Waals surface area contributed by atoms with Crippen molar-refractivity contribution in [1.29, 1.82) is 0 Å². The van der Waals surface area contributed by atoms with Crippen molar-refractivity contribution in [2.75, 3.05) is 7.05 Å². The van der Waals surface area contributed by atoms with Gasteiger partial charge in [0.15, 0.2) is 0 Å². The standard InChI is InChI=1S/C65H48N4O.CH5N/c1-65(2)55-27-14-12-25-47(55)50-36-51-49-31-29-43(42-30-32-61-53(34-42)54-37-52-48-26-13-15-28-57(48)68(45-22-10-5-11-23-45)60(52)39-62(54)70-61)35-58(49)69(59(51)38-56(50)65)46-24-16-21-44(33-46)63(40-17-6-3-7-18-40)67-64(66)41-19-8-4-9-20-41;1-2/h3-12,14-25,27-39,63H,13,26H2,1-2H3,(H2,66,67);2H2,1H3. The van der Waals surface area contributed by atoms with Crippen LogP contribution in [0.25, 0.3) is 94.4 Å². The molecule has 1 atom stereocenters. The van der Waals surface area contributed by atoms with Crippen LogP contribution in [-0.2, 0) is 11.8 Å². The fraction of sp³-hybridized carbons (Fsp3) is 0.106. The van der Waals surface area contributed by atoms with Gasteiger partial charge >= 0.3 is 0 Å². The van der Waals surface area contributed by atoms with Crippen molar-refractivity contribution in [3.63, 3.8) is 0 Å². The van der Waals surface area contributed by atoms with E-state index >= 15 is 0 Å². The van der Waals surface area contributed by atoms with Crippen LogP contribution in [0.5, 0.6) is 0 Å². The number of fused-ring (bicyclic) bond motifs is 12. The molecule has 14 rings (SSSR count). The quantitative estimate of drug-likeness (QED) is 0.123. The second-order valence-electron chi connectivity index (χ2n) is 19.6. The molecule has 0 saturated heterocycles. The first-order valence-electron chi connectivity index (χ1n) is 25.0. The lowest BCUT2D eigenvalue weighted by Gasteiger charge is -2.22. The first kappa shape index (κ1) is 43.3. The maximum atomic E-state index is 6.81. The predicted molar refractivity (Wildman–Crippen MR) is 301 cm³/mol. The van der Waals surface area contributed by atoms with Gasteiger partial charge in [-0.3, -0.25) is 4.99 Å². The van der Waals surface area contributed by atoms with E-state index in [1.807, 2.05) is 30.3 Å². The van der Waals surface area contributed by atoms with Crippen LogP contribution in [0.15, 0.2) is 216 Å². The molecule has 0 amide bonds. The number of rotatable bonds is 7. The lowest BCUT2D eigenvalue weighted by atomic mass is 9.82. The molecule has 72 heavy (non-hydrogen) atoms. The van der Waals surface area contributed by atoms with Gasteiger partial charge in [0.05, 0.1) is 16.6 Å². The Labute approximate surface area is 418 Å². The number of allylic oxidation sites excluding steroid dienone is 1. The lowest BCUT2D eigenvalue weighted by Crippen LogP contribution is -2.16. The molecular weight excluding hydrogens is 879 g/mol. The summed E-state index contributed by atoms with van der Waals surface area (Å²) < 4.78 is 11.6. The van der Waals surface area contributed by atoms with Gasteiger partial charge < -0.3 is 25.0 Å². The molecule has 1 unspecified atom stereocenters. The zero-order valence-corrected chi connectivity index (χ0v) is 40.6. The van der Waals surface area contributed by atoms with Crippen molar-refractivity contribution >= 4 is 66.6 Å². The second kappa shape index (κ2) is 17.0. The topological polar surface area (TPSA) is 87.4 Å². The van der Waals surface area contributed by atoms with E-state index in [9.17, 15) is 0 Å². The number of amidine groups is 1. The molecule has 0 aliphatic heterocycles. The zero-order chi connectivity index (χ0) is 48.7. The minimum Gasteiger partial charge on any atom is -0.456 e. The summed E-state index contributed by atoms with van der Waals surface area (Å²) in [6, 6.07) is 72.0. The maximum absolute atomic E-state index is 6.81. The van der Waals surface area contributed by atoms with Crippen LogP contribution in [0.3, 0.4) is 0 Å². The van der Waals surface area contributed by atoms with Crippen LogP contribution in [0, 0.1) is 0 Å². The molecule has 12 aromatic rings. The van der Waals surface area contributed by atoms with Crippen molar-refractivity contribution in [2.24, 2.45) is 16.5 Å². The SMILES string of the molecule is CC1(C)c2ccccc2-c2cc3c4ccc(-c5ccc6oc7cc8c(cc7c6c5)c5c(n8-c6ccccc6)C=CCC5)cc4n(-c4cccc(C(N=C(N)c5ccccc5)c5ccccc5)c4)c3cc21.CN. The van der Waals surface area contributed by atoms with Gasteiger partial charge in [0, 0.05) is 61.0 Å². The molecule has 2 aliphatic carbocycles. The van der Waals surface area contributed by atoms with Gasteiger partial charge in [-0.25, -0.2) is 0 Å². The van der Waals surface area contributed by atoms with Crippen LogP contribution in [-0.4, -0.2) is 22.0 Å². The second-order valence-corrected chi connectivity index (χ2v) is 19.6. The molecule has 6 heteroatoms. The number of para-hydroxylation sites is 1. The highest BCUT2D eigenvalue weighted by atomic mass is 16.3. The Hall–Kier alpha value is -8.71. The van der Waals surface area contributed by atoms with E-state index in [2.05, 4.69) is 211 Å². The predicted octanol–water partition coefficient (Wildman–Crippen LogP) is 15.6. The van der Waals surface area contributed by atoms with E-state index < -0.39 is 0 Å². The number of nitrogens with zero attached hydrogens (tertiary/aromatic N) is 3. The monoisotopic (exact) mass is 931 g/mol. The number of nitrogens with two attached hydrogens (primary N) is 2. The van der Waals surface area contributed by atoms with Crippen molar-refractivity contribution < 1.29 is 4.42 Å². The average molecular weight is 932 g/mol. The van der Waals surface area contributed by atoms with Gasteiger partial charge in [0.2, 0.25) is 0 Å². The molecule has 3 aromatic heterocycles. The van der Waals surface area contributed by atoms with E-state index in [1.54, 1.807) is 0 Å². The van der Waals surface area contributed by atoms with Gasteiger partial charge in [-0.05, 0) is 137 Å². The number of aliphatic imine (C=N–C) groups is 1. The van der Waals surface area contributed by atoms with Crippen LogP contribution in [0.2, 0.25) is 0 Å². The normalized spacial score (nSPS) is 14.1. The van der Waals surface area contributed by atoms with Gasteiger partial charge in [0.25, 0.3) is 0 Å². The Kier molecular flexibility index (Phi) is 10.2. The summed E-state index contributed by atoms with van der Waals surface area (Å²) in [6.45, 7) is 4.72. The summed E-state index contributed by atoms with van der Waals surface area (Å²) in [5, 5.41) is 5.98. The molecule has 0 fully saturated rings. The molecule has 0 bridgehead atoms. The molecule has 0 radical (unpaired) electrons. The van der Waals surface area contributed by atoms with Crippen molar-refractivity contribution in [3.05, 3.63) is 245 Å².